The Morgan fingerprint density at radius 2 is 1.85 bits per heavy atom. The number of hydrogen-bond donors (Lipinski definition) is 3. The minimum Gasteiger partial charge on any atom is -0.330 e. The Kier molecular flexibility index (Phi) is 5.08. The number of anilines is 1. The molecule has 0 unspecified atom stereocenters. The van der Waals surface area contributed by atoms with E-state index < -0.39 is 17.5 Å². The quantitative estimate of drug-likeness (QED) is 0.540. The van der Waals surface area contributed by atoms with Gasteiger partial charge in [-0.15, -0.1) is 0 Å². The van der Waals surface area contributed by atoms with Gasteiger partial charge in [0.25, 0.3) is 5.91 Å². The largest absolute Gasteiger partial charge is 0.344 e. The molecule has 3 N–H and O–H groups in total. The smallest absolute Gasteiger partial charge is 0.330 e. The summed E-state index contributed by atoms with van der Waals surface area (Å²) in [7, 11) is 0. The molecule has 1 aliphatic rings. The maximum Gasteiger partial charge on any atom is 0.344 e. The topological polar surface area (TPSA) is 73.5 Å². The van der Waals surface area contributed by atoms with Gasteiger partial charge in [0.15, 0.2) is 5.11 Å². The summed E-state index contributed by atoms with van der Waals surface area (Å²) in [5, 5.41) is 7.13. The Morgan fingerprint density at radius 1 is 1.19 bits per heavy atom. The van der Waals surface area contributed by atoms with Crippen molar-refractivity contribution in [1.29, 1.82) is 0 Å². The van der Waals surface area contributed by atoms with E-state index in [4.69, 9.17) is 23.8 Å². The van der Waals surface area contributed by atoms with E-state index in [0.29, 0.717) is 16.3 Å². The SMILES string of the molecule is Cc1cc(C)c(NC(=S)NN2C(=O)N[C@](C)(c3ccccc3)C2=O)c(Cl)c1. The summed E-state index contributed by atoms with van der Waals surface area (Å²) in [6.45, 7) is 5.49. The number of hydrogen-bond acceptors (Lipinski definition) is 3. The number of halogens is 1. The molecule has 6 nitrogen and oxygen atoms in total. The van der Waals surface area contributed by atoms with Crippen molar-refractivity contribution in [3.8, 4) is 0 Å². The van der Waals surface area contributed by atoms with Crippen LogP contribution in [0.15, 0.2) is 42.5 Å². The first-order chi connectivity index (χ1) is 12.7. The van der Waals surface area contributed by atoms with Gasteiger partial charge in [-0.25, -0.2) is 4.79 Å². The van der Waals surface area contributed by atoms with Gasteiger partial charge in [0.2, 0.25) is 0 Å². The summed E-state index contributed by atoms with van der Waals surface area (Å²) < 4.78 is 0. The number of benzene rings is 2. The normalized spacial score (nSPS) is 19.0. The predicted molar refractivity (Wildman–Crippen MR) is 109 cm³/mol. The third-order valence-corrected chi connectivity index (χ3v) is 4.92. The van der Waals surface area contributed by atoms with Crippen molar-refractivity contribution in [2.75, 3.05) is 5.32 Å². The summed E-state index contributed by atoms with van der Waals surface area (Å²) in [4.78, 5) is 25.2. The van der Waals surface area contributed by atoms with Crippen LogP contribution in [0.25, 0.3) is 0 Å². The molecule has 0 radical (unpaired) electrons. The first-order valence-electron chi connectivity index (χ1n) is 8.29. The zero-order valence-corrected chi connectivity index (χ0v) is 16.7. The minimum absolute atomic E-state index is 0.0877. The highest BCUT2D eigenvalue weighted by atomic mass is 35.5. The van der Waals surface area contributed by atoms with E-state index in [0.717, 1.165) is 16.1 Å². The maximum atomic E-state index is 12.9. The van der Waals surface area contributed by atoms with Crippen LogP contribution in [-0.4, -0.2) is 22.1 Å². The fraction of sp³-hybridized carbons (Fsp3) is 0.211. The Hall–Kier alpha value is -2.64. The number of amides is 3. The van der Waals surface area contributed by atoms with E-state index in [1.165, 1.54) is 0 Å². The van der Waals surface area contributed by atoms with Crippen molar-refractivity contribution in [3.63, 3.8) is 0 Å². The molecule has 0 aliphatic carbocycles. The lowest BCUT2D eigenvalue weighted by Crippen LogP contribution is -2.49. The molecule has 3 amide bonds. The average molecular weight is 403 g/mol. The highest BCUT2D eigenvalue weighted by Crippen LogP contribution is 2.29. The standard InChI is InChI=1S/C19H19ClN4O2S/c1-11-9-12(2)15(14(20)10-11)21-17(27)23-24-16(25)19(3,22-18(24)26)13-7-5-4-6-8-13/h4-10H,1-3H3,(H,22,26)(H2,21,23,27)/t19-/m1/s1. The molecule has 0 bridgehead atoms. The van der Waals surface area contributed by atoms with Gasteiger partial charge in [0, 0.05) is 0 Å². The van der Waals surface area contributed by atoms with Crippen molar-refractivity contribution in [2.24, 2.45) is 0 Å². The third kappa shape index (κ3) is 3.61. The van der Waals surface area contributed by atoms with Crippen LogP contribution in [0.3, 0.4) is 0 Å². The molecule has 8 heteroatoms. The fourth-order valence-electron chi connectivity index (χ4n) is 3.02. The van der Waals surface area contributed by atoms with Crippen LogP contribution in [0.1, 0.15) is 23.6 Å². The molecule has 27 heavy (non-hydrogen) atoms. The van der Waals surface area contributed by atoms with Crippen molar-refractivity contribution in [2.45, 2.75) is 26.3 Å². The highest BCUT2D eigenvalue weighted by Gasteiger charge is 2.49. The Bertz CT molecular complexity index is 912. The summed E-state index contributed by atoms with van der Waals surface area (Å²) in [5.41, 5.74) is 4.71. The van der Waals surface area contributed by atoms with Crippen molar-refractivity contribution in [1.82, 2.24) is 15.8 Å². The van der Waals surface area contributed by atoms with E-state index in [9.17, 15) is 9.59 Å². The first kappa shape index (κ1) is 19.1. The second-order valence-corrected chi connectivity index (χ2v) is 7.38. The van der Waals surface area contributed by atoms with Crippen LogP contribution in [0, 0.1) is 13.8 Å². The fourth-order valence-corrected chi connectivity index (χ4v) is 3.59. The van der Waals surface area contributed by atoms with E-state index >= 15 is 0 Å². The van der Waals surface area contributed by atoms with Crippen LogP contribution in [0.5, 0.6) is 0 Å². The lowest BCUT2D eigenvalue weighted by atomic mass is 9.92. The molecule has 1 aliphatic heterocycles. The molecule has 2 aromatic carbocycles. The van der Waals surface area contributed by atoms with Crippen molar-refractivity contribution in [3.05, 3.63) is 64.2 Å². The zero-order valence-electron chi connectivity index (χ0n) is 15.1. The second-order valence-electron chi connectivity index (χ2n) is 6.57. The molecule has 1 heterocycles. The lowest BCUT2D eigenvalue weighted by Gasteiger charge is -2.23. The minimum atomic E-state index is -1.17. The molecule has 1 atom stereocenters. The molecule has 0 aromatic heterocycles. The monoisotopic (exact) mass is 402 g/mol. The van der Waals surface area contributed by atoms with E-state index in [1.54, 1.807) is 25.1 Å². The molecule has 2 aromatic rings. The highest BCUT2D eigenvalue weighted by molar-refractivity contribution is 7.80. The van der Waals surface area contributed by atoms with Crippen LogP contribution in [0.2, 0.25) is 5.02 Å². The number of imide groups is 1. The number of rotatable bonds is 3. The van der Waals surface area contributed by atoms with Gasteiger partial charge in [-0.05, 0) is 55.7 Å². The third-order valence-electron chi connectivity index (χ3n) is 4.43. The van der Waals surface area contributed by atoms with E-state index in [-0.39, 0.29) is 5.11 Å². The number of urea groups is 1. The van der Waals surface area contributed by atoms with E-state index in [2.05, 4.69) is 16.1 Å². The maximum absolute atomic E-state index is 12.9. The summed E-state index contributed by atoms with van der Waals surface area (Å²) in [5.74, 6) is -0.449. The molecular formula is C19H19ClN4O2S. The van der Waals surface area contributed by atoms with Crippen LogP contribution in [0.4, 0.5) is 10.5 Å². The molecule has 0 spiro atoms. The van der Waals surface area contributed by atoms with Crippen LogP contribution < -0.4 is 16.1 Å². The number of nitrogens with zero attached hydrogens (tertiary/aromatic N) is 1. The van der Waals surface area contributed by atoms with Gasteiger partial charge >= 0.3 is 6.03 Å². The summed E-state index contributed by atoms with van der Waals surface area (Å²) >= 11 is 11.5. The van der Waals surface area contributed by atoms with Crippen LogP contribution in [-0.2, 0) is 10.3 Å². The molecule has 140 valence electrons. The predicted octanol–water partition coefficient (Wildman–Crippen LogP) is 3.63. The van der Waals surface area contributed by atoms with Gasteiger partial charge < -0.3 is 10.6 Å². The van der Waals surface area contributed by atoms with Crippen molar-refractivity contribution >= 4 is 46.6 Å². The first-order valence-corrected chi connectivity index (χ1v) is 9.07. The van der Waals surface area contributed by atoms with Gasteiger partial charge in [-0.2, -0.15) is 5.01 Å². The number of carbonyl (C=O) groups is 2. The molecular weight excluding hydrogens is 384 g/mol. The zero-order chi connectivity index (χ0) is 19.8. The van der Waals surface area contributed by atoms with Crippen LogP contribution >= 0.6 is 23.8 Å². The average Bonchev–Trinajstić information content (AvgIpc) is 2.83. The Labute approximate surface area is 167 Å². The number of nitrogens with one attached hydrogen (secondary N) is 3. The summed E-state index contributed by atoms with van der Waals surface area (Å²) in [6.07, 6.45) is 0. The van der Waals surface area contributed by atoms with Gasteiger partial charge in [-0.3, -0.25) is 10.2 Å². The van der Waals surface area contributed by atoms with E-state index in [1.807, 2.05) is 38.1 Å². The van der Waals surface area contributed by atoms with Gasteiger partial charge in [0.1, 0.15) is 5.54 Å². The van der Waals surface area contributed by atoms with Crippen molar-refractivity contribution < 1.29 is 9.59 Å². The Morgan fingerprint density at radius 3 is 2.48 bits per heavy atom. The Balaban J connectivity index is 1.77. The summed E-state index contributed by atoms with van der Waals surface area (Å²) in [6, 6.07) is 12.2. The molecule has 0 saturated carbocycles. The van der Waals surface area contributed by atoms with Gasteiger partial charge in [-0.1, -0.05) is 48.0 Å². The number of hydrazine groups is 1. The lowest BCUT2D eigenvalue weighted by molar-refractivity contribution is -0.132. The molecule has 3 rings (SSSR count). The molecule has 1 fully saturated rings. The molecule has 1 saturated heterocycles. The van der Waals surface area contributed by atoms with Gasteiger partial charge in [0.05, 0.1) is 10.7 Å². The number of thiocarbonyl (C=S) groups is 1. The number of carbonyl (C=O) groups excluding carboxylic acids is 2. The second kappa shape index (κ2) is 7.17. The number of aryl methyl sites for hydroxylation is 2.